The zero-order valence-electron chi connectivity index (χ0n) is 10.3. The molecule has 19 heavy (non-hydrogen) atoms. The molecule has 0 unspecified atom stereocenters. The Morgan fingerprint density at radius 1 is 1.26 bits per heavy atom. The molecule has 0 saturated heterocycles. The molecule has 0 radical (unpaired) electrons. The Kier molecular flexibility index (Phi) is 3.99. The van der Waals surface area contributed by atoms with Gasteiger partial charge >= 0.3 is 12.0 Å². The normalized spacial score (nSPS) is 15.2. The number of amides is 2. The number of carboxylic acid groups (broad SMARTS) is 1. The van der Waals surface area contributed by atoms with Crippen LogP contribution in [0.5, 0.6) is 0 Å². The zero-order chi connectivity index (χ0) is 13.8. The lowest BCUT2D eigenvalue weighted by Gasteiger charge is -2.13. The minimum Gasteiger partial charge on any atom is -0.478 e. The number of anilines is 1. The van der Waals surface area contributed by atoms with Crippen molar-refractivity contribution in [2.75, 3.05) is 5.32 Å². The van der Waals surface area contributed by atoms with E-state index in [2.05, 4.69) is 10.6 Å². The molecule has 3 N–H and O–H groups in total. The highest BCUT2D eigenvalue weighted by Crippen LogP contribution is 2.19. The van der Waals surface area contributed by atoms with Gasteiger partial charge in [0.1, 0.15) is 5.82 Å². The summed E-state index contributed by atoms with van der Waals surface area (Å²) in [5.74, 6) is -1.97. The maximum atomic E-state index is 13.6. The third-order valence-corrected chi connectivity index (χ3v) is 3.15. The highest BCUT2D eigenvalue weighted by Gasteiger charge is 2.18. The summed E-state index contributed by atoms with van der Waals surface area (Å²) in [5.41, 5.74) is -0.181. The number of carbonyl (C=O) groups is 2. The summed E-state index contributed by atoms with van der Waals surface area (Å²) in [6, 6.07) is 3.05. The molecule has 2 rings (SSSR count). The topological polar surface area (TPSA) is 78.4 Å². The van der Waals surface area contributed by atoms with E-state index in [1.54, 1.807) is 0 Å². The first-order valence-electron chi connectivity index (χ1n) is 6.16. The number of hydrogen-bond acceptors (Lipinski definition) is 2. The van der Waals surface area contributed by atoms with Gasteiger partial charge in [-0.15, -0.1) is 0 Å². The Labute approximate surface area is 109 Å². The summed E-state index contributed by atoms with van der Waals surface area (Å²) in [6.45, 7) is 0. The molecular formula is C13H15FN2O3. The number of aromatic carboxylic acids is 1. The number of carbonyl (C=O) groups excluding carboxylic acids is 1. The van der Waals surface area contributed by atoms with Crippen LogP contribution in [-0.4, -0.2) is 23.1 Å². The minimum absolute atomic E-state index is 0.0273. The lowest BCUT2D eigenvalue weighted by Crippen LogP contribution is -2.36. The van der Waals surface area contributed by atoms with E-state index in [1.807, 2.05) is 0 Å². The molecule has 2 amide bonds. The Morgan fingerprint density at radius 3 is 2.53 bits per heavy atom. The van der Waals surface area contributed by atoms with E-state index in [9.17, 15) is 14.0 Å². The van der Waals surface area contributed by atoms with Crippen molar-refractivity contribution in [1.29, 1.82) is 0 Å². The zero-order valence-corrected chi connectivity index (χ0v) is 10.3. The van der Waals surface area contributed by atoms with Gasteiger partial charge in [-0.3, -0.25) is 0 Å². The predicted molar refractivity (Wildman–Crippen MR) is 67.8 cm³/mol. The Bertz CT molecular complexity index is 499. The second kappa shape index (κ2) is 5.69. The van der Waals surface area contributed by atoms with Gasteiger partial charge in [-0.25, -0.2) is 14.0 Å². The van der Waals surface area contributed by atoms with E-state index in [1.165, 1.54) is 12.1 Å². The quantitative estimate of drug-likeness (QED) is 0.786. The van der Waals surface area contributed by atoms with E-state index >= 15 is 0 Å². The summed E-state index contributed by atoms with van der Waals surface area (Å²) >= 11 is 0. The SMILES string of the molecule is O=C(Nc1ccc(C(=O)O)cc1F)NC1CCCC1. The molecule has 0 bridgehead atoms. The number of urea groups is 1. The van der Waals surface area contributed by atoms with Gasteiger partial charge in [-0.1, -0.05) is 12.8 Å². The van der Waals surface area contributed by atoms with Crippen LogP contribution in [-0.2, 0) is 0 Å². The van der Waals surface area contributed by atoms with Crippen molar-refractivity contribution < 1.29 is 19.1 Å². The summed E-state index contributed by atoms with van der Waals surface area (Å²) in [4.78, 5) is 22.3. The van der Waals surface area contributed by atoms with Crippen molar-refractivity contribution >= 4 is 17.7 Å². The van der Waals surface area contributed by atoms with E-state index in [4.69, 9.17) is 5.11 Å². The largest absolute Gasteiger partial charge is 0.478 e. The number of nitrogens with one attached hydrogen (secondary N) is 2. The minimum atomic E-state index is -1.21. The fourth-order valence-electron chi connectivity index (χ4n) is 2.16. The molecule has 0 aliphatic heterocycles. The van der Waals surface area contributed by atoms with Crippen molar-refractivity contribution in [3.63, 3.8) is 0 Å². The first-order valence-corrected chi connectivity index (χ1v) is 6.16. The van der Waals surface area contributed by atoms with Gasteiger partial charge in [-0.05, 0) is 31.0 Å². The van der Waals surface area contributed by atoms with Crippen LogP contribution in [0.1, 0.15) is 36.0 Å². The summed E-state index contributed by atoms with van der Waals surface area (Å²) in [6.07, 6.45) is 4.06. The number of rotatable bonds is 3. The van der Waals surface area contributed by atoms with E-state index in [0.717, 1.165) is 31.7 Å². The average molecular weight is 266 g/mol. The van der Waals surface area contributed by atoms with E-state index < -0.39 is 17.8 Å². The van der Waals surface area contributed by atoms with Crippen LogP contribution in [0, 0.1) is 5.82 Å². The van der Waals surface area contributed by atoms with Gasteiger partial charge in [-0.2, -0.15) is 0 Å². The Hall–Kier alpha value is -2.11. The van der Waals surface area contributed by atoms with Gasteiger partial charge in [0, 0.05) is 6.04 Å². The molecule has 0 aromatic heterocycles. The molecule has 0 atom stereocenters. The molecule has 1 aromatic rings. The van der Waals surface area contributed by atoms with Crippen LogP contribution < -0.4 is 10.6 Å². The third-order valence-electron chi connectivity index (χ3n) is 3.15. The van der Waals surface area contributed by atoms with E-state index in [-0.39, 0.29) is 17.3 Å². The van der Waals surface area contributed by atoms with Crippen LogP contribution in [0.4, 0.5) is 14.9 Å². The van der Waals surface area contributed by atoms with Crippen LogP contribution in [0.3, 0.4) is 0 Å². The molecule has 0 heterocycles. The molecular weight excluding hydrogens is 251 g/mol. The van der Waals surface area contributed by atoms with Crippen LogP contribution in [0.25, 0.3) is 0 Å². The van der Waals surface area contributed by atoms with E-state index in [0.29, 0.717) is 0 Å². The maximum Gasteiger partial charge on any atom is 0.335 e. The second-order valence-electron chi connectivity index (χ2n) is 4.58. The smallest absolute Gasteiger partial charge is 0.335 e. The monoisotopic (exact) mass is 266 g/mol. The Morgan fingerprint density at radius 2 is 1.95 bits per heavy atom. The fourth-order valence-corrected chi connectivity index (χ4v) is 2.16. The van der Waals surface area contributed by atoms with Gasteiger partial charge in [0.05, 0.1) is 11.3 Å². The molecule has 1 saturated carbocycles. The summed E-state index contributed by atoms with van der Waals surface area (Å²) in [5, 5.41) is 13.8. The number of hydrogen-bond donors (Lipinski definition) is 3. The van der Waals surface area contributed by atoms with Crippen molar-refractivity contribution in [1.82, 2.24) is 5.32 Å². The summed E-state index contributed by atoms with van der Waals surface area (Å²) < 4.78 is 13.6. The highest BCUT2D eigenvalue weighted by molar-refractivity contribution is 5.91. The Balaban J connectivity index is 1.98. The fraction of sp³-hybridized carbons (Fsp3) is 0.385. The molecule has 1 fully saturated rings. The average Bonchev–Trinajstić information content (AvgIpc) is 2.84. The van der Waals surface area contributed by atoms with Gasteiger partial charge in [0.2, 0.25) is 0 Å². The van der Waals surface area contributed by atoms with Crippen molar-refractivity contribution in [3.8, 4) is 0 Å². The van der Waals surface area contributed by atoms with Gasteiger partial charge in [0.15, 0.2) is 0 Å². The molecule has 6 heteroatoms. The first kappa shape index (κ1) is 13.3. The van der Waals surface area contributed by atoms with Gasteiger partial charge < -0.3 is 15.7 Å². The molecule has 5 nitrogen and oxygen atoms in total. The summed E-state index contributed by atoms with van der Waals surface area (Å²) in [7, 11) is 0. The number of benzene rings is 1. The second-order valence-corrected chi connectivity index (χ2v) is 4.58. The van der Waals surface area contributed by atoms with Crippen LogP contribution in [0.15, 0.2) is 18.2 Å². The third kappa shape index (κ3) is 3.43. The molecule has 1 aromatic carbocycles. The van der Waals surface area contributed by atoms with Crippen molar-refractivity contribution in [2.24, 2.45) is 0 Å². The van der Waals surface area contributed by atoms with Crippen molar-refractivity contribution in [3.05, 3.63) is 29.6 Å². The molecule has 102 valence electrons. The van der Waals surface area contributed by atoms with Crippen LogP contribution >= 0.6 is 0 Å². The first-order chi connectivity index (χ1) is 9.06. The maximum absolute atomic E-state index is 13.6. The van der Waals surface area contributed by atoms with Crippen LogP contribution in [0.2, 0.25) is 0 Å². The lowest BCUT2D eigenvalue weighted by atomic mass is 10.2. The predicted octanol–water partition coefficient (Wildman–Crippen LogP) is 2.59. The molecule has 0 spiro atoms. The van der Waals surface area contributed by atoms with Gasteiger partial charge in [0.25, 0.3) is 0 Å². The van der Waals surface area contributed by atoms with Crippen molar-refractivity contribution in [2.45, 2.75) is 31.7 Å². The number of halogens is 1. The standard InChI is InChI=1S/C13H15FN2O3/c14-10-7-8(12(17)18)5-6-11(10)16-13(19)15-9-3-1-2-4-9/h5-7,9H,1-4H2,(H,17,18)(H2,15,16,19). The molecule has 1 aliphatic rings. The highest BCUT2D eigenvalue weighted by atomic mass is 19.1. The molecule has 1 aliphatic carbocycles. The lowest BCUT2D eigenvalue weighted by molar-refractivity contribution is 0.0696. The number of carboxylic acids is 1.